The van der Waals surface area contributed by atoms with E-state index in [1.165, 1.54) is 29.5 Å². The van der Waals surface area contributed by atoms with Gasteiger partial charge in [-0.05, 0) is 43.4 Å². The molecule has 0 aromatic heterocycles. The van der Waals surface area contributed by atoms with Crippen molar-refractivity contribution in [2.45, 2.75) is 38.1 Å². The summed E-state index contributed by atoms with van der Waals surface area (Å²) in [6.45, 7) is 4.24. The molecule has 0 radical (unpaired) electrons. The van der Waals surface area contributed by atoms with Gasteiger partial charge in [0.15, 0.2) is 0 Å². The smallest absolute Gasteiger partial charge is 0.125 e. The Hall–Kier alpha value is -0.500. The van der Waals surface area contributed by atoms with E-state index in [0.29, 0.717) is 6.10 Å². The van der Waals surface area contributed by atoms with Gasteiger partial charge < -0.3 is 4.74 Å². The fourth-order valence-electron chi connectivity index (χ4n) is 1.66. The minimum atomic E-state index is 0.488. The summed E-state index contributed by atoms with van der Waals surface area (Å²) in [7, 11) is 0. The van der Waals surface area contributed by atoms with Crippen LogP contribution in [0.5, 0.6) is 5.75 Å². The zero-order chi connectivity index (χ0) is 10.1. The summed E-state index contributed by atoms with van der Waals surface area (Å²) in [5.41, 5.74) is 3.83. The first-order valence-electron chi connectivity index (χ1n) is 5.03. The Morgan fingerprint density at radius 1 is 1.29 bits per heavy atom. The maximum absolute atomic E-state index is 5.87. The quantitative estimate of drug-likeness (QED) is 0.747. The van der Waals surface area contributed by atoms with E-state index in [1.807, 2.05) is 0 Å². The van der Waals surface area contributed by atoms with E-state index in [4.69, 9.17) is 4.74 Å². The molecule has 76 valence electrons. The Morgan fingerprint density at radius 3 is 2.29 bits per heavy atom. The van der Waals surface area contributed by atoms with E-state index in [2.05, 4.69) is 41.9 Å². The highest BCUT2D eigenvalue weighted by Gasteiger charge is 2.24. The van der Waals surface area contributed by atoms with Gasteiger partial charge in [0, 0.05) is 5.33 Å². The third kappa shape index (κ3) is 2.11. The van der Waals surface area contributed by atoms with E-state index >= 15 is 0 Å². The first-order valence-corrected chi connectivity index (χ1v) is 6.15. The lowest BCUT2D eigenvalue weighted by Crippen LogP contribution is -2.00. The Bertz CT molecular complexity index is 319. The van der Waals surface area contributed by atoms with Gasteiger partial charge in [0.1, 0.15) is 5.75 Å². The molecule has 0 bridgehead atoms. The molecule has 1 aliphatic rings. The highest BCUT2D eigenvalue weighted by Crippen LogP contribution is 2.32. The second-order valence-corrected chi connectivity index (χ2v) is 4.57. The van der Waals surface area contributed by atoms with Crippen LogP contribution in [0.1, 0.15) is 29.5 Å². The summed E-state index contributed by atoms with van der Waals surface area (Å²) >= 11 is 3.47. The molecule has 1 fully saturated rings. The molecule has 1 saturated carbocycles. The molecular formula is C12H15BrO. The van der Waals surface area contributed by atoms with Crippen LogP contribution in [0, 0.1) is 13.8 Å². The number of benzene rings is 1. The molecule has 1 aromatic carbocycles. The van der Waals surface area contributed by atoms with Crippen LogP contribution in [-0.4, -0.2) is 6.10 Å². The largest absolute Gasteiger partial charge is 0.490 e. The van der Waals surface area contributed by atoms with Crippen LogP contribution < -0.4 is 4.74 Å². The van der Waals surface area contributed by atoms with Crippen molar-refractivity contribution in [1.29, 1.82) is 0 Å². The molecule has 0 atom stereocenters. The first kappa shape index (κ1) is 10.0. The van der Waals surface area contributed by atoms with E-state index in [1.54, 1.807) is 0 Å². The highest BCUT2D eigenvalue weighted by molar-refractivity contribution is 9.08. The second-order valence-electron chi connectivity index (χ2n) is 4.01. The monoisotopic (exact) mass is 254 g/mol. The molecule has 2 heteroatoms. The van der Waals surface area contributed by atoms with Crippen molar-refractivity contribution in [1.82, 2.24) is 0 Å². The fourth-order valence-corrected chi connectivity index (χ4v) is 1.98. The van der Waals surface area contributed by atoms with Crippen LogP contribution in [0.3, 0.4) is 0 Å². The SMILES string of the molecule is Cc1cc(CBr)cc(C)c1OC1CC1. The number of hydrogen-bond donors (Lipinski definition) is 0. The molecule has 1 aromatic rings. The van der Waals surface area contributed by atoms with Crippen molar-refractivity contribution in [2.75, 3.05) is 0 Å². The normalized spacial score (nSPS) is 15.6. The fraction of sp³-hybridized carbons (Fsp3) is 0.500. The zero-order valence-electron chi connectivity index (χ0n) is 8.64. The van der Waals surface area contributed by atoms with Gasteiger partial charge in [-0.15, -0.1) is 0 Å². The molecule has 0 spiro atoms. The minimum absolute atomic E-state index is 0.488. The van der Waals surface area contributed by atoms with Crippen LogP contribution in [0.25, 0.3) is 0 Å². The molecule has 0 saturated heterocycles. The van der Waals surface area contributed by atoms with Crippen LogP contribution in [0.2, 0.25) is 0 Å². The Morgan fingerprint density at radius 2 is 1.86 bits per heavy atom. The van der Waals surface area contributed by atoms with Gasteiger partial charge in [-0.25, -0.2) is 0 Å². The molecule has 0 aliphatic heterocycles. The summed E-state index contributed by atoms with van der Waals surface area (Å²) in [4.78, 5) is 0. The predicted molar refractivity (Wildman–Crippen MR) is 62.2 cm³/mol. The number of hydrogen-bond acceptors (Lipinski definition) is 1. The van der Waals surface area contributed by atoms with Gasteiger partial charge in [-0.2, -0.15) is 0 Å². The lowest BCUT2D eigenvalue weighted by molar-refractivity contribution is 0.299. The van der Waals surface area contributed by atoms with Crippen molar-refractivity contribution < 1.29 is 4.74 Å². The topological polar surface area (TPSA) is 9.23 Å². The lowest BCUT2D eigenvalue weighted by atomic mass is 10.1. The molecule has 14 heavy (non-hydrogen) atoms. The van der Waals surface area contributed by atoms with E-state index in [-0.39, 0.29) is 0 Å². The number of ether oxygens (including phenoxy) is 1. The molecular weight excluding hydrogens is 240 g/mol. The summed E-state index contributed by atoms with van der Waals surface area (Å²) in [6.07, 6.45) is 2.93. The van der Waals surface area contributed by atoms with Crippen molar-refractivity contribution in [3.8, 4) is 5.75 Å². The van der Waals surface area contributed by atoms with Gasteiger partial charge in [-0.3, -0.25) is 0 Å². The predicted octanol–water partition coefficient (Wildman–Crippen LogP) is 3.74. The van der Waals surface area contributed by atoms with Gasteiger partial charge in [-0.1, -0.05) is 28.1 Å². The van der Waals surface area contributed by atoms with Gasteiger partial charge >= 0.3 is 0 Å². The van der Waals surface area contributed by atoms with Crippen LogP contribution >= 0.6 is 15.9 Å². The van der Waals surface area contributed by atoms with Gasteiger partial charge in [0.2, 0.25) is 0 Å². The summed E-state index contributed by atoms with van der Waals surface area (Å²) < 4.78 is 5.87. The maximum atomic E-state index is 5.87. The molecule has 1 aliphatic carbocycles. The lowest BCUT2D eigenvalue weighted by Gasteiger charge is -2.12. The van der Waals surface area contributed by atoms with Crippen molar-refractivity contribution in [3.05, 3.63) is 28.8 Å². The number of rotatable bonds is 3. The molecule has 1 nitrogen and oxygen atoms in total. The van der Waals surface area contributed by atoms with Crippen molar-refractivity contribution in [2.24, 2.45) is 0 Å². The van der Waals surface area contributed by atoms with Gasteiger partial charge in [0.05, 0.1) is 6.10 Å². The van der Waals surface area contributed by atoms with Gasteiger partial charge in [0.25, 0.3) is 0 Å². The van der Waals surface area contributed by atoms with Crippen molar-refractivity contribution in [3.63, 3.8) is 0 Å². The van der Waals surface area contributed by atoms with E-state index < -0.39 is 0 Å². The third-order valence-electron chi connectivity index (χ3n) is 2.48. The summed E-state index contributed by atoms with van der Waals surface area (Å²) in [5, 5.41) is 0.915. The number of halogens is 1. The third-order valence-corrected chi connectivity index (χ3v) is 3.13. The Labute approximate surface area is 93.6 Å². The van der Waals surface area contributed by atoms with Crippen molar-refractivity contribution >= 4 is 15.9 Å². The minimum Gasteiger partial charge on any atom is -0.490 e. The van der Waals surface area contributed by atoms with E-state index in [0.717, 1.165) is 11.1 Å². The van der Waals surface area contributed by atoms with E-state index in [9.17, 15) is 0 Å². The average molecular weight is 255 g/mol. The first-order chi connectivity index (χ1) is 6.70. The number of alkyl halides is 1. The molecule has 0 unspecified atom stereocenters. The zero-order valence-corrected chi connectivity index (χ0v) is 10.2. The molecule has 0 N–H and O–H groups in total. The molecule has 0 amide bonds. The summed E-state index contributed by atoms with van der Waals surface area (Å²) in [6, 6.07) is 4.39. The highest BCUT2D eigenvalue weighted by atomic mass is 79.9. The standard InChI is InChI=1S/C12H15BrO/c1-8-5-10(7-13)6-9(2)12(8)14-11-3-4-11/h5-6,11H,3-4,7H2,1-2H3. The average Bonchev–Trinajstić information content (AvgIpc) is 2.94. The van der Waals surface area contributed by atoms with Crippen LogP contribution in [0.15, 0.2) is 12.1 Å². The van der Waals surface area contributed by atoms with Crippen LogP contribution in [-0.2, 0) is 5.33 Å². The Balaban J connectivity index is 2.28. The Kier molecular flexibility index (Phi) is 2.82. The second kappa shape index (κ2) is 3.93. The number of aryl methyl sites for hydroxylation is 2. The summed E-state index contributed by atoms with van der Waals surface area (Å²) in [5.74, 6) is 1.09. The maximum Gasteiger partial charge on any atom is 0.125 e. The van der Waals surface area contributed by atoms with Crippen LogP contribution in [0.4, 0.5) is 0 Å². The molecule has 0 heterocycles. The molecule has 2 rings (SSSR count).